The van der Waals surface area contributed by atoms with E-state index in [4.69, 9.17) is 0 Å². The second kappa shape index (κ2) is 5.46. The van der Waals surface area contributed by atoms with Crippen molar-refractivity contribution < 1.29 is 4.79 Å². The highest BCUT2D eigenvalue weighted by Crippen LogP contribution is 2.33. The fourth-order valence-electron chi connectivity index (χ4n) is 2.81. The molecule has 1 aromatic heterocycles. The van der Waals surface area contributed by atoms with Crippen molar-refractivity contribution in [1.29, 1.82) is 0 Å². The molecule has 2 saturated heterocycles. The van der Waals surface area contributed by atoms with E-state index in [0.29, 0.717) is 5.92 Å². The number of carbonyl (C=O) groups excluding carboxylic acids is 1. The molecule has 0 bridgehead atoms. The van der Waals surface area contributed by atoms with Gasteiger partial charge in [-0.15, -0.1) is 11.3 Å². The number of thioether (sulfide) groups is 1. The minimum atomic E-state index is -0.0542. The van der Waals surface area contributed by atoms with E-state index >= 15 is 0 Å². The minimum Gasteiger partial charge on any atom is -0.320 e. The Labute approximate surface area is 122 Å². The van der Waals surface area contributed by atoms with Crippen LogP contribution in [0.1, 0.15) is 29.3 Å². The second-order valence-corrected chi connectivity index (χ2v) is 7.93. The van der Waals surface area contributed by atoms with Gasteiger partial charge < -0.3 is 4.90 Å². The van der Waals surface area contributed by atoms with E-state index in [1.54, 1.807) is 11.3 Å². The van der Waals surface area contributed by atoms with Crippen LogP contribution in [-0.2, 0) is 4.79 Å². The van der Waals surface area contributed by atoms with Crippen molar-refractivity contribution >= 4 is 29.0 Å². The van der Waals surface area contributed by atoms with Gasteiger partial charge in [0.1, 0.15) is 6.17 Å². The van der Waals surface area contributed by atoms with Gasteiger partial charge in [-0.25, -0.2) is 0 Å². The van der Waals surface area contributed by atoms with Crippen LogP contribution in [0.2, 0.25) is 0 Å². The first-order valence-corrected chi connectivity index (χ1v) is 8.83. The molecular formula is C14H20N2OS2. The SMILES string of the molecule is Cc1ccc(C2NC(C)C(=O)N2CC2CCSC2)s1. The monoisotopic (exact) mass is 296 g/mol. The molecule has 5 heteroatoms. The first-order valence-electron chi connectivity index (χ1n) is 6.86. The summed E-state index contributed by atoms with van der Waals surface area (Å²) in [5.74, 6) is 3.38. The van der Waals surface area contributed by atoms with Crippen molar-refractivity contribution in [2.45, 2.75) is 32.5 Å². The molecule has 1 amide bonds. The third-order valence-corrected chi connectivity index (χ3v) is 6.17. The summed E-state index contributed by atoms with van der Waals surface area (Å²) in [5.41, 5.74) is 0. The van der Waals surface area contributed by atoms with Crippen LogP contribution in [-0.4, -0.2) is 34.9 Å². The van der Waals surface area contributed by atoms with Gasteiger partial charge in [-0.05, 0) is 49.8 Å². The minimum absolute atomic E-state index is 0.0542. The van der Waals surface area contributed by atoms with Gasteiger partial charge in [0.05, 0.1) is 6.04 Å². The maximum Gasteiger partial charge on any atom is 0.241 e. The third kappa shape index (κ3) is 2.69. The fourth-order valence-corrected chi connectivity index (χ4v) is 5.03. The molecule has 3 rings (SSSR count). The van der Waals surface area contributed by atoms with Gasteiger partial charge in [-0.3, -0.25) is 10.1 Å². The summed E-state index contributed by atoms with van der Waals surface area (Å²) in [4.78, 5) is 17.0. The van der Waals surface area contributed by atoms with Gasteiger partial charge in [-0.1, -0.05) is 0 Å². The standard InChI is InChI=1S/C14H20N2OS2/c1-9-3-4-12(19-9)13-15-10(2)14(17)16(13)7-11-5-6-18-8-11/h3-4,10-11,13,15H,5-8H2,1-2H3. The van der Waals surface area contributed by atoms with E-state index in [1.807, 2.05) is 18.7 Å². The summed E-state index contributed by atoms with van der Waals surface area (Å²) in [7, 11) is 0. The normalized spacial score (nSPS) is 31.4. The van der Waals surface area contributed by atoms with Crippen molar-refractivity contribution in [2.24, 2.45) is 5.92 Å². The van der Waals surface area contributed by atoms with Crippen molar-refractivity contribution in [2.75, 3.05) is 18.1 Å². The first kappa shape index (κ1) is 13.5. The van der Waals surface area contributed by atoms with Crippen LogP contribution < -0.4 is 5.32 Å². The molecule has 2 aliphatic heterocycles. The van der Waals surface area contributed by atoms with Crippen LogP contribution in [0.5, 0.6) is 0 Å². The smallest absolute Gasteiger partial charge is 0.241 e. The van der Waals surface area contributed by atoms with E-state index in [-0.39, 0.29) is 18.1 Å². The van der Waals surface area contributed by atoms with Gasteiger partial charge in [0, 0.05) is 16.3 Å². The molecule has 0 saturated carbocycles. The molecule has 19 heavy (non-hydrogen) atoms. The van der Waals surface area contributed by atoms with Crippen LogP contribution in [0.3, 0.4) is 0 Å². The molecular weight excluding hydrogens is 276 g/mol. The molecule has 3 atom stereocenters. The highest BCUT2D eigenvalue weighted by atomic mass is 32.2. The Morgan fingerprint density at radius 3 is 2.95 bits per heavy atom. The number of hydrogen-bond donors (Lipinski definition) is 1. The number of nitrogens with zero attached hydrogens (tertiary/aromatic N) is 1. The number of nitrogens with one attached hydrogen (secondary N) is 1. The van der Waals surface area contributed by atoms with Crippen LogP contribution >= 0.6 is 23.1 Å². The van der Waals surface area contributed by atoms with E-state index in [9.17, 15) is 4.79 Å². The van der Waals surface area contributed by atoms with E-state index in [0.717, 1.165) is 6.54 Å². The molecule has 1 aromatic rings. The molecule has 3 heterocycles. The van der Waals surface area contributed by atoms with Crippen molar-refractivity contribution in [3.05, 3.63) is 21.9 Å². The predicted octanol–water partition coefficient (Wildman–Crippen LogP) is 2.63. The van der Waals surface area contributed by atoms with Gasteiger partial charge in [0.25, 0.3) is 0 Å². The van der Waals surface area contributed by atoms with Gasteiger partial charge in [0.15, 0.2) is 0 Å². The Morgan fingerprint density at radius 2 is 2.32 bits per heavy atom. The molecule has 0 spiro atoms. The summed E-state index contributed by atoms with van der Waals surface area (Å²) in [5, 5.41) is 3.44. The van der Waals surface area contributed by atoms with Crippen LogP contribution in [0.4, 0.5) is 0 Å². The van der Waals surface area contributed by atoms with E-state index in [1.165, 1.54) is 27.7 Å². The lowest BCUT2D eigenvalue weighted by atomic mass is 10.1. The molecule has 0 aromatic carbocycles. The van der Waals surface area contributed by atoms with Crippen LogP contribution in [0, 0.1) is 12.8 Å². The van der Waals surface area contributed by atoms with Gasteiger partial charge in [0.2, 0.25) is 5.91 Å². The Balaban J connectivity index is 1.78. The Morgan fingerprint density at radius 1 is 1.47 bits per heavy atom. The van der Waals surface area contributed by atoms with Crippen LogP contribution in [0.25, 0.3) is 0 Å². The number of thiophene rings is 1. The predicted molar refractivity (Wildman–Crippen MR) is 81.5 cm³/mol. The zero-order valence-corrected chi connectivity index (χ0v) is 13.0. The van der Waals surface area contributed by atoms with Crippen LogP contribution in [0.15, 0.2) is 12.1 Å². The van der Waals surface area contributed by atoms with E-state index < -0.39 is 0 Å². The lowest BCUT2D eigenvalue weighted by molar-refractivity contribution is -0.130. The average molecular weight is 296 g/mol. The molecule has 0 aliphatic carbocycles. The van der Waals surface area contributed by atoms with Crippen molar-refractivity contribution in [1.82, 2.24) is 10.2 Å². The lowest BCUT2D eigenvalue weighted by Crippen LogP contribution is -2.34. The average Bonchev–Trinajstić information content (AvgIpc) is 3.08. The molecule has 3 nitrogen and oxygen atoms in total. The Kier molecular flexibility index (Phi) is 3.87. The highest BCUT2D eigenvalue weighted by Gasteiger charge is 2.39. The molecule has 2 aliphatic rings. The largest absolute Gasteiger partial charge is 0.320 e. The number of carbonyl (C=O) groups is 1. The lowest BCUT2D eigenvalue weighted by Gasteiger charge is -2.26. The number of rotatable bonds is 3. The Hall–Kier alpha value is -0.520. The molecule has 3 unspecified atom stereocenters. The summed E-state index contributed by atoms with van der Waals surface area (Å²) >= 11 is 3.80. The van der Waals surface area contributed by atoms with E-state index in [2.05, 4.69) is 29.3 Å². The molecule has 1 N–H and O–H groups in total. The molecule has 0 radical (unpaired) electrons. The summed E-state index contributed by atoms with van der Waals surface area (Å²) < 4.78 is 0. The molecule has 104 valence electrons. The van der Waals surface area contributed by atoms with Crippen molar-refractivity contribution in [3.63, 3.8) is 0 Å². The van der Waals surface area contributed by atoms with Crippen molar-refractivity contribution in [3.8, 4) is 0 Å². The number of amides is 1. The second-order valence-electron chi connectivity index (χ2n) is 5.46. The maximum atomic E-state index is 12.3. The number of aryl methyl sites for hydroxylation is 1. The summed E-state index contributed by atoms with van der Waals surface area (Å²) in [6.45, 7) is 5.00. The number of hydrogen-bond acceptors (Lipinski definition) is 4. The summed E-state index contributed by atoms with van der Waals surface area (Å²) in [6.07, 6.45) is 1.34. The fraction of sp³-hybridized carbons (Fsp3) is 0.643. The summed E-state index contributed by atoms with van der Waals surface area (Å²) in [6, 6.07) is 4.24. The quantitative estimate of drug-likeness (QED) is 0.930. The Bertz CT molecular complexity index is 468. The zero-order chi connectivity index (χ0) is 13.4. The van der Waals surface area contributed by atoms with Gasteiger partial charge in [-0.2, -0.15) is 11.8 Å². The molecule has 2 fully saturated rings. The highest BCUT2D eigenvalue weighted by molar-refractivity contribution is 7.99. The van der Waals surface area contributed by atoms with Gasteiger partial charge >= 0.3 is 0 Å². The topological polar surface area (TPSA) is 32.3 Å². The first-order chi connectivity index (χ1) is 9.15. The zero-order valence-electron chi connectivity index (χ0n) is 11.4. The third-order valence-electron chi connectivity index (χ3n) is 3.88. The maximum absolute atomic E-state index is 12.3.